The number of nitriles is 1. The van der Waals surface area contributed by atoms with Gasteiger partial charge in [0.25, 0.3) is 15.9 Å². The molecule has 4 aromatic rings. The third kappa shape index (κ3) is 5.41. The summed E-state index contributed by atoms with van der Waals surface area (Å²) in [6.45, 7) is 2.30. The van der Waals surface area contributed by atoms with Crippen molar-refractivity contribution in [2.75, 3.05) is 0 Å². The highest BCUT2D eigenvalue weighted by atomic mass is 35.5. The normalized spacial score (nSPS) is 11.7. The second-order valence-corrected chi connectivity index (χ2v) is 11.6. The highest BCUT2D eigenvalue weighted by Crippen LogP contribution is 2.34. The van der Waals surface area contributed by atoms with Crippen LogP contribution < -0.4 is 4.72 Å². The highest BCUT2D eigenvalue weighted by molar-refractivity contribution is 7.92. The van der Waals surface area contributed by atoms with Crippen LogP contribution in [-0.2, 0) is 21.4 Å². The molecule has 4 rings (SSSR count). The first kappa shape index (κ1) is 24.9. The molecule has 0 aliphatic heterocycles. The van der Waals surface area contributed by atoms with Crippen LogP contribution in [0, 0.1) is 24.1 Å². The Kier molecular flexibility index (Phi) is 7.01. The quantitative estimate of drug-likeness (QED) is 0.304. The van der Waals surface area contributed by atoms with E-state index < -0.39 is 21.7 Å². The van der Waals surface area contributed by atoms with Crippen LogP contribution in [0.1, 0.15) is 22.3 Å². The van der Waals surface area contributed by atoms with Gasteiger partial charge in [-0.15, -0.1) is 11.3 Å². The Hall–Kier alpha value is -3.16. The fourth-order valence-electron chi connectivity index (χ4n) is 3.58. The molecule has 6 nitrogen and oxygen atoms in total. The lowest BCUT2D eigenvalue weighted by Crippen LogP contribution is -2.28. The molecule has 2 aromatic heterocycles. The minimum atomic E-state index is -4.17. The number of aryl methyl sites for hydroxylation is 1. The molecule has 0 fully saturated rings. The molecule has 0 aliphatic carbocycles. The van der Waals surface area contributed by atoms with Gasteiger partial charge in [0.15, 0.2) is 0 Å². The van der Waals surface area contributed by atoms with Gasteiger partial charge in [-0.2, -0.15) is 5.26 Å². The molecule has 11 heteroatoms. The van der Waals surface area contributed by atoms with Crippen LogP contribution in [0.2, 0.25) is 9.36 Å². The fraction of sp³-hybridized carbons (Fsp3) is 0.0833. The largest absolute Gasteiger partial charge is 0.342 e. The summed E-state index contributed by atoms with van der Waals surface area (Å²) in [5.74, 6) is -1.41. The van der Waals surface area contributed by atoms with Gasteiger partial charge in [0, 0.05) is 29.8 Å². The van der Waals surface area contributed by atoms with E-state index in [1.807, 2.05) is 34.5 Å². The summed E-state index contributed by atoms with van der Waals surface area (Å²) in [6, 6.07) is 13.0. The van der Waals surface area contributed by atoms with Gasteiger partial charge < -0.3 is 4.57 Å². The smallest absolute Gasteiger partial charge is 0.273 e. The molecular formula is C24H16Cl2FN3O3S2. The van der Waals surface area contributed by atoms with Gasteiger partial charge in [0.2, 0.25) is 0 Å². The van der Waals surface area contributed by atoms with Crippen molar-refractivity contribution in [2.45, 2.75) is 17.7 Å². The van der Waals surface area contributed by atoms with Gasteiger partial charge in [0.1, 0.15) is 14.4 Å². The molecule has 0 unspecified atom stereocenters. The second kappa shape index (κ2) is 9.84. The fourth-order valence-corrected chi connectivity index (χ4v) is 6.41. The van der Waals surface area contributed by atoms with Crippen molar-refractivity contribution in [3.05, 3.63) is 92.2 Å². The van der Waals surface area contributed by atoms with Crippen molar-refractivity contribution in [3.8, 4) is 6.07 Å². The van der Waals surface area contributed by atoms with Crippen LogP contribution in [0.3, 0.4) is 0 Å². The van der Waals surface area contributed by atoms with E-state index in [1.54, 1.807) is 12.1 Å². The maximum Gasteiger partial charge on any atom is 0.273 e. The van der Waals surface area contributed by atoms with Crippen molar-refractivity contribution in [3.63, 3.8) is 0 Å². The Morgan fingerprint density at radius 1 is 1.23 bits per heavy atom. The number of carbonyl (C=O) groups excluding carboxylic acids is 1. The number of hydrogen-bond donors (Lipinski definition) is 1. The summed E-state index contributed by atoms with van der Waals surface area (Å²) in [5.41, 5.74) is 3.38. The molecule has 35 heavy (non-hydrogen) atoms. The minimum Gasteiger partial charge on any atom is -0.342 e. The third-order valence-electron chi connectivity index (χ3n) is 5.14. The summed E-state index contributed by atoms with van der Waals surface area (Å²) in [7, 11) is -4.17. The van der Waals surface area contributed by atoms with Gasteiger partial charge in [-0.3, -0.25) is 4.79 Å². The topological polar surface area (TPSA) is 92.0 Å². The maximum absolute atomic E-state index is 14.4. The summed E-state index contributed by atoms with van der Waals surface area (Å²) >= 11 is 12.4. The first-order valence-electron chi connectivity index (χ1n) is 10.0. The third-order valence-corrected chi connectivity index (χ3v) is 8.82. The zero-order chi connectivity index (χ0) is 25.3. The van der Waals surface area contributed by atoms with Crippen LogP contribution in [0.15, 0.2) is 58.9 Å². The monoisotopic (exact) mass is 547 g/mol. The summed E-state index contributed by atoms with van der Waals surface area (Å²) in [6.07, 6.45) is 4.25. The van der Waals surface area contributed by atoms with E-state index in [9.17, 15) is 17.6 Å². The zero-order valence-corrected chi connectivity index (χ0v) is 21.2. The first-order valence-corrected chi connectivity index (χ1v) is 13.1. The van der Waals surface area contributed by atoms with Crippen molar-refractivity contribution in [1.29, 1.82) is 5.26 Å². The van der Waals surface area contributed by atoms with Gasteiger partial charge in [-0.1, -0.05) is 35.3 Å². The minimum absolute atomic E-state index is 0.0700. The summed E-state index contributed by atoms with van der Waals surface area (Å²) in [5, 5.41) is 9.73. The Morgan fingerprint density at radius 3 is 2.57 bits per heavy atom. The van der Waals surface area contributed by atoms with E-state index in [1.165, 1.54) is 18.2 Å². The molecule has 178 valence electrons. The number of amides is 1. The molecule has 0 radical (unpaired) electrons. The molecule has 1 N–H and O–H groups in total. The standard InChI is InChI=1S/C24H16Cl2FN3O3S2/c1-14-12-30(13-16-4-2-15(11-28)3-5-16)23-17(8-18(27)9-19(14)23)6-7-21(31)29-35(32,33)22-10-20(25)24(26)34-22/h2-10,12H,13H2,1H3,(H,29,31)/b7-6+. The Morgan fingerprint density at radius 2 is 1.94 bits per heavy atom. The van der Waals surface area contributed by atoms with E-state index in [-0.39, 0.29) is 13.6 Å². The molecule has 2 aromatic carbocycles. The molecule has 0 atom stereocenters. The number of thiophene rings is 1. The Bertz CT molecular complexity index is 1610. The van der Waals surface area contributed by atoms with E-state index in [0.29, 0.717) is 28.6 Å². The predicted molar refractivity (Wildman–Crippen MR) is 136 cm³/mol. The number of fused-ring (bicyclic) bond motifs is 1. The van der Waals surface area contributed by atoms with Gasteiger partial charge in [-0.25, -0.2) is 17.5 Å². The van der Waals surface area contributed by atoms with Crippen molar-refractivity contribution in [2.24, 2.45) is 0 Å². The lowest BCUT2D eigenvalue weighted by atomic mass is 10.1. The highest BCUT2D eigenvalue weighted by Gasteiger charge is 2.21. The van der Waals surface area contributed by atoms with Crippen LogP contribution in [0.4, 0.5) is 4.39 Å². The summed E-state index contributed by atoms with van der Waals surface area (Å²) in [4.78, 5) is 12.4. The number of benzene rings is 2. The molecule has 0 aliphatic rings. The average Bonchev–Trinajstić information content (AvgIpc) is 3.31. The van der Waals surface area contributed by atoms with Gasteiger partial charge in [-0.05, 0) is 54.5 Å². The number of hydrogen-bond acceptors (Lipinski definition) is 5. The number of nitrogens with zero attached hydrogens (tertiary/aromatic N) is 2. The number of sulfonamides is 1. The first-order chi connectivity index (χ1) is 16.6. The van der Waals surface area contributed by atoms with Crippen LogP contribution in [-0.4, -0.2) is 18.9 Å². The lowest BCUT2D eigenvalue weighted by molar-refractivity contribution is -0.114. The Labute approximate surface area is 214 Å². The zero-order valence-electron chi connectivity index (χ0n) is 18.1. The van der Waals surface area contributed by atoms with Crippen LogP contribution in [0.5, 0.6) is 0 Å². The predicted octanol–water partition coefficient (Wildman–Crippen LogP) is 5.90. The molecular weight excluding hydrogens is 532 g/mol. The molecule has 0 bridgehead atoms. The maximum atomic E-state index is 14.4. The molecule has 0 spiro atoms. The number of halogens is 3. The SMILES string of the molecule is Cc1cn(Cc2ccc(C#N)cc2)c2c(/C=C/C(=O)NS(=O)(=O)c3cc(Cl)c(Cl)s3)cc(F)cc12. The number of aromatic nitrogens is 1. The lowest BCUT2D eigenvalue weighted by Gasteiger charge is -2.09. The van der Waals surface area contributed by atoms with Crippen LogP contribution in [0.25, 0.3) is 17.0 Å². The number of rotatable bonds is 6. The van der Waals surface area contributed by atoms with E-state index in [2.05, 4.69) is 6.07 Å². The van der Waals surface area contributed by atoms with Gasteiger partial charge >= 0.3 is 0 Å². The van der Waals surface area contributed by atoms with Gasteiger partial charge in [0.05, 0.1) is 22.2 Å². The average molecular weight is 548 g/mol. The van der Waals surface area contributed by atoms with Crippen molar-refractivity contribution >= 4 is 67.4 Å². The Balaban J connectivity index is 1.65. The summed E-state index contributed by atoms with van der Waals surface area (Å²) < 4.78 is 43.0. The number of nitrogens with one attached hydrogen (secondary N) is 1. The molecule has 0 saturated heterocycles. The van der Waals surface area contributed by atoms with Crippen LogP contribution >= 0.6 is 34.5 Å². The second-order valence-electron chi connectivity index (χ2n) is 7.63. The van der Waals surface area contributed by atoms with E-state index in [4.69, 9.17) is 28.5 Å². The van der Waals surface area contributed by atoms with E-state index in [0.717, 1.165) is 34.6 Å². The molecule has 0 saturated carbocycles. The van der Waals surface area contributed by atoms with Crippen molar-refractivity contribution in [1.82, 2.24) is 9.29 Å². The van der Waals surface area contributed by atoms with E-state index >= 15 is 0 Å². The molecule has 1 amide bonds. The molecule has 2 heterocycles. The van der Waals surface area contributed by atoms with Crippen molar-refractivity contribution < 1.29 is 17.6 Å². The number of carbonyl (C=O) groups is 1.